The third-order valence-electron chi connectivity index (χ3n) is 4.55. The van der Waals surface area contributed by atoms with Crippen molar-refractivity contribution in [2.24, 2.45) is 0 Å². The molecule has 0 unspecified atom stereocenters. The van der Waals surface area contributed by atoms with E-state index in [9.17, 15) is 4.79 Å². The minimum absolute atomic E-state index is 0.158. The molecule has 3 heterocycles. The van der Waals surface area contributed by atoms with Crippen molar-refractivity contribution in [1.29, 1.82) is 0 Å². The maximum atomic E-state index is 12.4. The third-order valence-corrected chi connectivity index (χ3v) is 4.55. The molecule has 8 heteroatoms. The normalized spacial score (nSPS) is 10.8. The number of hydrogen-bond donors (Lipinski definition) is 1. The second-order valence-electron chi connectivity index (χ2n) is 6.78. The summed E-state index contributed by atoms with van der Waals surface area (Å²) >= 11 is 0. The van der Waals surface area contributed by atoms with Crippen LogP contribution in [0.1, 0.15) is 11.3 Å². The van der Waals surface area contributed by atoms with Crippen LogP contribution in [0.4, 0.5) is 5.69 Å². The molecule has 1 N–H and O–H groups in total. The predicted octanol–water partition coefficient (Wildman–Crippen LogP) is 3.43. The summed E-state index contributed by atoms with van der Waals surface area (Å²) in [6.07, 6.45) is 5.49. The van der Waals surface area contributed by atoms with Gasteiger partial charge in [0, 0.05) is 29.8 Å². The quantitative estimate of drug-likeness (QED) is 0.530. The number of nitrogens with one attached hydrogen (secondary N) is 1. The van der Waals surface area contributed by atoms with Crippen molar-refractivity contribution in [2.45, 2.75) is 13.8 Å². The molecule has 0 saturated heterocycles. The van der Waals surface area contributed by atoms with Gasteiger partial charge in [0.2, 0.25) is 0 Å². The Balaban J connectivity index is 1.54. The Bertz CT molecular complexity index is 1220. The molecular weight excluding hydrogens is 382 g/mol. The molecule has 0 aliphatic carbocycles. The molecule has 30 heavy (non-hydrogen) atoms. The highest BCUT2D eigenvalue weighted by Gasteiger charge is 2.13. The molecular formula is C22H21N5O3. The Morgan fingerprint density at radius 3 is 2.80 bits per heavy atom. The molecule has 3 aromatic heterocycles. The van der Waals surface area contributed by atoms with E-state index in [1.165, 1.54) is 0 Å². The van der Waals surface area contributed by atoms with Gasteiger partial charge in [-0.2, -0.15) is 0 Å². The van der Waals surface area contributed by atoms with Crippen LogP contribution in [0.5, 0.6) is 11.8 Å². The van der Waals surface area contributed by atoms with Gasteiger partial charge >= 0.3 is 6.01 Å². The summed E-state index contributed by atoms with van der Waals surface area (Å²) in [4.78, 5) is 25.2. The van der Waals surface area contributed by atoms with Crippen molar-refractivity contribution in [3.05, 3.63) is 66.2 Å². The van der Waals surface area contributed by atoms with Gasteiger partial charge in [-0.05, 0) is 49.7 Å². The number of methoxy groups -OCH3 is 1. The van der Waals surface area contributed by atoms with Gasteiger partial charge in [-0.15, -0.1) is 0 Å². The van der Waals surface area contributed by atoms with Crippen LogP contribution in [0.3, 0.4) is 0 Å². The van der Waals surface area contributed by atoms with Crippen LogP contribution >= 0.6 is 0 Å². The molecule has 0 bridgehead atoms. The van der Waals surface area contributed by atoms with Gasteiger partial charge in [0.25, 0.3) is 5.91 Å². The molecule has 0 spiro atoms. The van der Waals surface area contributed by atoms with Gasteiger partial charge in [0.05, 0.1) is 18.5 Å². The minimum atomic E-state index is -0.346. The molecule has 1 aromatic carbocycles. The summed E-state index contributed by atoms with van der Waals surface area (Å²) in [7, 11) is 1.55. The Morgan fingerprint density at radius 2 is 2.03 bits per heavy atom. The van der Waals surface area contributed by atoms with Gasteiger partial charge < -0.3 is 19.2 Å². The van der Waals surface area contributed by atoms with Crippen LogP contribution < -0.4 is 14.8 Å². The zero-order valence-corrected chi connectivity index (χ0v) is 16.9. The van der Waals surface area contributed by atoms with Crippen molar-refractivity contribution < 1.29 is 14.3 Å². The second-order valence-corrected chi connectivity index (χ2v) is 6.78. The standard InChI is InChI=1S/C22H21N5O3/c1-14-5-4-10-27-12-18(26-21(14)27)16-6-7-19(29-3)17(11-16)25-20(28)13-30-22-23-9-8-15(2)24-22/h4-12H,13H2,1-3H3,(H,25,28). The lowest BCUT2D eigenvalue weighted by atomic mass is 10.1. The van der Waals surface area contributed by atoms with Crippen LogP contribution in [0.25, 0.3) is 16.9 Å². The Hall–Kier alpha value is -3.94. The summed E-state index contributed by atoms with van der Waals surface area (Å²) in [5.74, 6) is 0.195. The number of imidazole rings is 1. The number of nitrogens with zero attached hydrogens (tertiary/aromatic N) is 4. The minimum Gasteiger partial charge on any atom is -0.495 e. The third kappa shape index (κ3) is 4.07. The van der Waals surface area contributed by atoms with Gasteiger partial charge in [-0.3, -0.25) is 4.79 Å². The van der Waals surface area contributed by atoms with Crippen LogP contribution in [0.2, 0.25) is 0 Å². The molecule has 0 fully saturated rings. The fraction of sp³-hybridized carbons (Fsp3) is 0.182. The van der Waals surface area contributed by atoms with E-state index < -0.39 is 0 Å². The van der Waals surface area contributed by atoms with E-state index in [0.29, 0.717) is 11.4 Å². The summed E-state index contributed by atoms with van der Waals surface area (Å²) in [6, 6.07) is 11.4. The average molecular weight is 403 g/mol. The van der Waals surface area contributed by atoms with Crippen LogP contribution in [-0.2, 0) is 4.79 Å². The van der Waals surface area contributed by atoms with Crippen molar-refractivity contribution in [1.82, 2.24) is 19.4 Å². The fourth-order valence-corrected chi connectivity index (χ4v) is 3.07. The molecule has 0 atom stereocenters. The number of ether oxygens (including phenoxy) is 2. The van der Waals surface area contributed by atoms with E-state index in [2.05, 4.69) is 15.3 Å². The van der Waals surface area contributed by atoms with E-state index in [-0.39, 0.29) is 18.5 Å². The lowest BCUT2D eigenvalue weighted by Gasteiger charge is -2.12. The van der Waals surface area contributed by atoms with E-state index in [0.717, 1.165) is 28.2 Å². The van der Waals surface area contributed by atoms with Gasteiger partial charge in [0.1, 0.15) is 11.4 Å². The highest BCUT2D eigenvalue weighted by atomic mass is 16.5. The summed E-state index contributed by atoms with van der Waals surface area (Å²) < 4.78 is 12.7. The fourth-order valence-electron chi connectivity index (χ4n) is 3.07. The lowest BCUT2D eigenvalue weighted by molar-refractivity contribution is -0.118. The molecule has 0 aliphatic heterocycles. The Labute approximate surface area is 173 Å². The van der Waals surface area contributed by atoms with Crippen LogP contribution in [0.15, 0.2) is 55.0 Å². The van der Waals surface area contributed by atoms with Crippen LogP contribution in [0, 0.1) is 13.8 Å². The molecule has 4 aromatic rings. The maximum absolute atomic E-state index is 12.4. The number of carbonyl (C=O) groups is 1. The maximum Gasteiger partial charge on any atom is 0.317 e. The molecule has 0 radical (unpaired) electrons. The largest absolute Gasteiger partial charge is 0.495 e. The van der Waals surface area contributed by atoms with Crippen LogP contribution in [-0.4, -0.2) is 39.0 Å². The zero-order chi connectivity index (χ0) is 21.1. The highest BCUT2D eigenvalue weighted by Crippen LogP contribution is 2.30. The number of carbonyl (C=O) groups excluding carboxylic acids is 1. The number of pyridine rings is 1. The Kier molecular flexibility index (Phi) is 5.30. The summed E-state index contributed by atoms with van der Waals surface area (Å²) in [5, 5.41) is 2.82. The number of aryl methyl sites for hydroxylation is 2. The van der Waals surface area contributed by atoms with Gasteiger partial charge in [0.15, 0.2) is 6.61 Å². The predicted molar refractivity (Wildman–Crippen MR) is 113 cm³/mol. The molecule has 1 amide bonds. The van der Waals surface area contributed by atoms with Gasteiger partial charge in [-0.1, -0.05) is 6.07 Å². The molecule has 4 rings (SSSR count). The van der Waals surface area contributed by atoms with Crippen molar-refractivity contribution in [3.8, 4) is 23.0 Å². The number of benzene rings is 1. The summed E-state index contributed by atoms with van der Waals surface area (Å²) in [5.41, 5.74) is 4.92. The number of fused-ring (bicyclic) bond motifs is 1. The van der Waals surface area contributed by atoms with E-state index in [1.807, 2.05) is 54.9 Å². The van der Waals surface area contributed by atoms with E-state index >= 15 is 0 Å². The Morgan fingerprint density at radius 1 is 1.17 bits per heavy atom. The van der Waals surface area contributed by atoms with Crippen molar-refractivity contribution in [3.63, 3.8) is 0 Å². The topological polar surface area (TPSA) is 90.6 Å². The first-order valence-corrected chi connectivity index (χ1v) is 9.38. The number of anilines is 1. The first-order chi connectivity index (χ1) is 14.5. The number of amides is 1. The van der Waals surface area contributed by atoms with Crippen molar-refractivity contribution >= 4 is 17.2 Å². The van der Waals surface area contributed by atoms with E-state index in [4.69, 9.17) is 14.5 Å². The molecule has 8 nitrogen and oxygen atoms in total. The number of aromatic nitrogens is 4. The summed E-state index contributed by atoms with van der Waals surface area (Å²) in [6.45, 7) is 3.62. The van der Waals surface area contributed by atoms with E-state index in [1.54, 1.807) is 25.4 Å². The highest BCUT2D eigenvalue weighted by molar-refractivity contribution is 5.94. The molecule has 152 valence electrons. The monoisotopic (exact) mass is 403 g/mol. The second kappa shape index (κ2) is 8.20. The van der Waals surface area contributed by atoms with Gasteiger partial charge in [-0.25, -0.2) is 15.0 Å². The number of rotatable bonds is 6. The molecule has 0 aliphatic rings. The number of hydrogen-bond acceptors (Lipinski definition) is 6. The smallest absolute Gasteiger partial charge is 0.317 e. The first kappa shape index (κ1) is 19.4. The SMILES string of the molecule is COc1ccc(-c2cn3cccc(C)c3n2)cc1NC(=O)COc1nccc(C)n1. The zero-order valence-electron chi connectivity index (χ0n) is 16.9. The average Bonchev–Trinajstić information content (AvgIpc) is 3.18. The lowest BCUT2D eigenvalue weighted by Crippen LogP contribution is -2.21. The first-order valence-electron chi connectivity index (χ1n) is 9.38. The molecule has 0 saturated carbocycles. The van der Waals surface area contributed by atoms with Crippen molar-refractivity contribution in [2.75, 3.05) is 19.0 Å².